The zero-order chi connectivity index (χ0) is 18.6. The summed E-state index contributed by atoms with van der Waals surface area (Å²) in [5.41, 5.74) is 0.632. The molecule has 3 amide bonds. The Balaban J connectivity index is 1.99. The summed E-state index contributed by atoms with van der Waals surface area (Å²) in [6.45, 7) is 9.15. The fourth-order valence-corrected chi connectivity index (χ4v) is 3.14. The lowest BCUT2D eigenvalue weighted by molar-refractivity contribution is -0.129. The van der Waals surface area contributed by atoms with Crippen LogP contribution in [0.5, 0.6) is 0 Å². The van der Waals surface area contributed by atoms with Crippen molar-refractivity contribution in [3.05, 3.63) is 35.6 Å². The van der Waals surface area contributed by atoms with E-state index in [1.54, 1.807) is 17.0 Å². The summed E-state index contributed by atoms with van der Waals surface area (Å²) in [7, 11) is 0. The fourth-order valence-electron chi connectivity index (χ4n) is 3.14. The Morgan fingerprint density at radius 2 is 1.92 bits per heavy atom. The molecule has 0 unspecified atom stereocenters. The van der Waals surface area contributed by atoms with E-state index in [4.69, 9.17) is 0 Å². The molecule has 1 heterocycles. The lowest BCUT2D eigenvalue weighted by Gasteiger charge is -2.32. The van der Waals surface area contributed by atoms with Crippen LogP contribution in [-0.2, 0) is 4.79 Å². The van der Waals surface area contributed by atoms with Gasteiger partial charge in [0.15, 0.2) is 0 Å². The Morgan fingerprint density at radius 3 is 2.48 bits per heavy atom. The van der Waals surface area contributed by atoms with Gasteiger partial charge in [-0.2, -0.15) is 0 Å². The molecule has 2 atom stereocenters. The summed E-state index contributed by atoms with van der Waals surface area (Å²) >= 11 is 0. The van der Waals surface area contributed by atoms with Crippen LogP contribution in [0.4, 0.5) is 9.18 Å². The second kappa shape index (κ2) is 7.85. The molecule has 0 aromatic heterocycles. The van der Waals surface area contributed by atoms with E-state index in [1.807, 2.05) is 27.7 Å². The van der Waals surface area contributed by atoms with Crippen molar-refractivity contribution in [2.24, 2.45) is 5.41 Å². The van der Waals surface area contributed by atoms with Gasteiger partial charge in [-0.3, -0.25) is 4.79 Å². The van der Waals surface area contributed by atoms with Gasteiger partial charge in [-0.05, 0) is 29.5 Å². The fraction of sp³-hybridized carbons (Fsp3) is 0.579. The van der Waals surface area contributed by atoms with Crippen LogP contribution >= 0.6 is 0 Å². The maximum absolute atomic E-state index is 13.2. The Morgan fingerprint density at radius 1 is 1.28 bits per heavy atom. The van der Waals surface area contributed by atoms with Crippen LogP contribution < -0.4 is 10.6 Å². The molecule has 6 heteroatoms. The maximum atomic E-state index is 13.2. The second-order valence-corrected chi connectivity index (χ2v) is 7.65. The van der Waals surface area contributed by atoms with E-state index in [1.165, 1.54) is 12.1 Å². The number of carbonyl (C=O) groups excluding carboxylic acids is 2. The van der Waals surface area contributed by atoms with E-state index in [0.29, 0.717) is 19.5 Å². The lowest BCUT2D eigenvalue weighted by Crippen LogP contribution is -2.47. The zero-order valence-corrected chi connectivity index (χ0v) is 15.4. The molecule has 0 radical (unpaired) electrons. The molecule has 2 rings (SSSR count). The molecule has 5 nitrogen and oxygen atoms in total. The zero-order valence-electron chi connectivity index (χ0n) is 15.4. The standard InChI is InChI=1S/C19H28FN3O2/c1-5-16(24)23-11-10-15(12-23)21-18(25)22-17(19(2,3)4)13-6-8-14(20)9-7-13/h6-9,15,17H,5,10-12H2,1-4H3,(H2,21,22,25)/t15-,17-/m1/s1. The topological polar surface area (TPSA) is 61.4 Å². The van der Waals surface area contributed by atoms with Crippen molar-refractivity contribution in [1.29, 1.82) is 0 Å². The predicted molar refractivity (Wildman–Crippen MR) is 95.5 cm³/mol. The third-order valence-electron chi connectivity index (χ3n) is 4.52. The van der Waals surface area contributed by atoms with Crippen molar-refractivity contribution < 1.29 is 14.0 Å². The molecule has 0 saturated carbocycles. The number of likely N-dealkylation sites (tertiary alicyclic amines) is 1. The van der Waals surface area contributed by atoms with Gasteiger partial charge >= 0.3 is 6.03 Å². The molecule has 0 aliphatic carbocycles. The van der Waals surface area contributed by atoms with Crippen LogP contribution in [0.2, 0.25) is 0 Å². The Labute approximate surface area is 149 Å². The number of halogens is 1. The molecular formula is C19H28FN3O2. The summed E-state index contributed by atoms with van der Waals surface area (Å²) in [5.74, 6) is -0.184. The minimum atomic E-state index is -0.299. The number of benzene rings is 1. The third kappa shape index (κ3) is 5.18. The minimum Gasteiger partial charge on any atom is -0.341 e. The number of hydrogen-bond donors (Lipinski definition) is 2. The van der Waals surface area contributed by atoms with Crippen molar-refractivity contribution >= 4 is 11.9 Å². The van der Waals surface area contributed by atoms with Gasteiger partial charge in [-0.1, -0.05) is 39.8 Å². The van der Waals surface area contributed by atoms with E-state index in [9.17, 15) is 14.0 Å². The van der Waals surface area contributed by atoms with Crippen molar-refractivity contribution in [2.75, 3.05) is 13.1 Å². The highest BCUT2D eigenvalue weighted by Crippen LogP contribution is 2.32. The first-order valence-corrected chi connectivity index (χ1v) is 8.81. The van der Waals surface area contributed by atoms with E-state index >= 15 is 0 Å². The summed E-state index contributed by atoms with van der Waals surface area (Å²) < 4.78 is 13.2. The Kier molecular flexibility index (Phi) is 6.03. The van der Waals surface area contributed by atoms with Gasteiger partial charge in [0.1, 0.15) is 5.82 Å². The smallest absolute Gasteiger partial charge is 0.315 e. The van der Waals surface area contributed by atoms with Crippen molar-refractivity contribution in [3.8, 4) is 0 Å². The number of rotatable bonds is 4. The van der Waals surface area contributed by atoms with E-state index < -0.39 is 0 Å². The van der Waals surface area contributed by atoms with Gasteiger partial charge in [0, 0.05) is 25.6 Å². The molecular weight excluding hydrogens is 321 g/mol. The number of amides is 3. The molecule has 25 heavy (non-hydrogen) atoms. The van der Waals surface area contributed by atoms with Gasteiger partial charge in [0.05, 0.1) is 6.04 Å². The maximum Gasteiger partial charge on any atom is 0.315 e. The van der Waals surface area contributed by atoms with Gasteiger partial charge in [0.25, 0.3) is 0 Å². The van der Waals surface area contributed by atoms with E-state index in [-0.39, 0.29) is 35.3 Å². The highest BCUT2D eigenvalue weighted by molar-refractivity contribution is 5.77. The van der Waals surface area contributed by atoms with Crippen LogP contribution in [0.15, 0.2) is 24.3 Å². The van der Waals surface area contributed by atoms with Crippen LogP contribution in [0.1, 0.15) is 52.1 Å². The molecule has 1 aliphatic rings. The molecule has 2 N–H and O–H groups in total. The highest BCUT2D eigenvalue weighted by Gasteiger charge is 2.30. The first-order chi connectivity index (χ1) is 11.7. The van der Waals surface area contributed by atoms with Gasteiger partial charge in [-0.25, -0.2) is 9.18 Å². The molecule has 0 bridgehead atoms. The number of carbonyl (C=O) groups is 2. The molecule has 1 aromatic carbocycles. The SMILES string of the molecule is CCC(=O)N1CC[C@@H](NC(=O)N[C@H](c2ccc(F)cc2)C(C)(C)C)C1. The Bertz CT molecular complexity index is 610. The number of hydrogen-bond acceptors (Lipinski definition) is 2. The number of nitrogens with one attached hydrogen (secondary N) is 2. The molecule has 1 aliphatic heterocycles. The third-order valence-corrected chi connectivity index (χ3v) is 4.52. The summed E-state index contributed by atoms with van der Waals surface area (Å²) in [6.07, 6.45) is 1.24. The molecule has 0 spiro atoms. The minimum absolute atomic E-state index is 0.0377. The average molecular weight is 349 g/mol. The lowest BCUT2D eigenvalue weighted by atomic mass is 9.82. The van der Waals surface area contributed by atoms with Gasteiger partial charge < -0.3 is 15.5 Å². The number of nitrogens with zero attached hydrogens (tertiary/aromatic N) is 1. The largest absolute Gasteiger partial charge is 0.341 e. The Hall–Kier alpha value is -2.11. The molecule has 1 saturated heterocycles. The van der Waals surface area contributed by atoms with Crippen LogP contribution in [0.3, 0.4) is 0 Å². The molecule has 138 valence electrons. The highest BCUT2D eigenvalue weighted by atomic mass is 19.1. The van der Waals surface area contributed by atoms with Gasteiger partial charge in [0.2, 0.25) is 5.91 Å². The first kappa shape index (κ1) is 19.2. The van der Waals surface area contributed by atoms with Crippen molar-refractivity contribution in [1.82, 2.24) is 15.5 Å². The average Bonchev–Trinajstić information content (AvgIpc) is 3.00. The van der Waals surface area contributed by atoms with Gasteiger partial charge in [-0.15, -0.1) is 0 Å². The van der Waals surface area contributed by atoms with E-state index in [0.717, 1.165) is 12.0 Å². The quantitative estimate of drug-likeness (QED) is 0.877. The predicted octanol–water partition coefficient (Wildman–Crippen LogP) is 3.22. The van der Waals surface area contributed by atoms with Crippen LogP contribution in [0, 0.1) is 11.2 Å². The van der Waals surface area contributed by atoms with Crippen molar-refractivity contribution in [2.45, 2.75) is 52.6 Å². The number of urea groups is 1. The molecule has 1 fully saturated rings. The van der Waals surface area contributed by atoms with Crippen LogP contribution in [0.25, 0.3) is 0 Å². The summed E-state index contributed by atoms with van der Waals surface area (Å²) in [6, 6.07) is 5.65. The first-order valence-electron chi connectivity index (χ1n) is 8.81. The monoisotopic (exact) mass is 349 g/mol. The van der Waals surface area contributed by atoms with Crippen molar-refractivity contribution in [3.63, 3.8) is 0 Å². The molecule has 1 aromatic rings. The van der Waals surface area contributed by atoms with E-state index in [2.05, 4.69) is 10.6 Å². The second-order valence-electron chi connectivity index (χ2n) is 7.65. The summed E-state index contributed by atoms with van der Waals surface area (Å²) in [4.78, 5) is 26.0. The normalized spacial score (nSPS) is 18.8. The van der Waals surface area contributed by atoms with Crippen LogP contribution in [-0.4, -0.2) is 36.0 Å². The summed E-state index contributed by atoms with van der Waals surface area (Å²) in [5, 5.41) is 5.96.